The first-order valence-electron chi connectivity index (χ1n) is 8.13. The molecular weight excluding hydrogens is 290 g/mol. The highest BCUT2D eigenvalue weighted by Gasteiger charge is 2.39. The lowest BCUT2D eigenvalue weighted by Crippen LogP contribution is -2.43. The fraction of sp³-hybridized carbons (Fsp3) is 0.556. The van der Waals surface area contributed by atoms with E-state index in [0.717, 1.165) is 12.2 Å². The molecule has 0 aromatic heterocycles. The molecule has 0 aliphatic carbocycles. The second-order valence-corrected chi connectivity index (χ2v) is 7.12. The molecule has 23 heavy (non-hydrogen) atoms. The molecule has 1 aromatic rings. The fourth-order valence-corrected chi connectivity index (χ4v) is 2.83. The van der Waals surface area contributed by atoms with Gasteiger partial charge in [-0.05, 0) is 32.9 Å². The van der Waals surface area contributed by atoms with Crippen molar-refractivity contribution in [2.24, 2.45) is 5.92 Å². The summed E-state index contributed by atoms with van der Waals surface area (Å²) >= 11 is 0. The monoisotopic (exact) mass is 317 g/mol. The maximum atomic E-state index is 12.3. The molecule has 0 bridgehead atoms. The highest BCUT2D eigenvalue weighted by Crippen LogP contribution is 2.25. The van der Waals surface area contributed by atoms with Gasteiger partial charge in [-0.1, -0.05) is 18.2 Å². The fourth-order valence-electron chi connectivity index (χ4n) is 2.83. The molecule has 2 amide bonds. The number of nitrogens with one attached hydrogen (secondary N) is 1. The standard InChI is InChI=1S/C18H27N3O2/c1-18(2,3)21-13-14(12-16(21)22)17(23)19-10-11-20(4)15-8-6-5-7-9-15/h5-9,14H,10-13H2,1-4H3,(H,19,23)/t14-/m0/s1. The van der Waals surface area contributed by atoms with Gasteiger partial charge in [0.15, 0.2) is 0 Å². The molecule has 0 radical (unpaired) electrons. The predicted octanol–water partition coefficient (Wildman–Crippen LogP) is 1.89. The number of likely N-dealkylation sites (tertiary alicyclic amines) is 1. The van der Waals surface area contributed by atoms with Crippen molar-refractivity contribution in [3.63, 3.8) is 0 Å². The van der Waals surface area contributed by atoms with Crippen LogP contribution in [-0.2, 0) is 9.59 Å². The van der Waals surface area contributed by atoms with Gasteiger partial charge in [-0.2, -0.15) is 0 Å². The first kappa shape index (κ1) is 17.3. The SMILES string of the molecule is CN(CCNC(=O)[C@H]1CC(=O)N(C(C)(C)C)C1)c1ccccc1. The Hall–Kier alpha value is -2.04. The molecule has 1 N–H and O–H groups in total. The van der Waals surface area contributed by atoms with Crippen LogP contribution in [0.4, 0.5) is 5.69 Å². The van der Waals surface area contributed by atoms with Crippen molar-refractivity contribution in [2.75, 3.05) is 31.6 Å². The third-order valence-corrected chi connectivity index (χ3v) is 4.25. The minimum absolute atomic E-state index is 0.0217. The lowest BCUT2D eigenvalue weighted by molar-refractivity contribution is -0.132. The van der Waals surface area contributed by atoms with E-state index in [0.29, 0.717) is 19.5 Å². The number of hydrogen-bond donors (Lipinski definition) is 1. The quantitative estimate of drug-likeness (QED) is 0.902. The molecule has 1 heterocycles. The minimum Gasteiger partial charge on any atom is -0.373 e. The molecule has 0 unspecified atom stereocenters. The van der Waals surface area contributed by atoms with Crippen molar-refractivity contribution in [3.8, 4) is 0 Å². The molecule has 0 spiro atoms. The molecule has 1 fully saturated rings. The number of likely N-dealkylation sites (N-methyl/N-ethyl adjacent to an activating group) is 1. The van der Waals surface area contributed by atoms with Gasteiger partial charge >= 0.3 is 0 Å². The number of benzene rings is 1. The molecule has 0 saturated carbocycles. The van der Waals surface area contributed by atoms with E-state index in [4.69, 9.17) is 0 Å². The molecule has 1 saturated heterocycles. The van der Waals surface area contributed by atoms with Gasteiger partial charge in [0.05, 0.1) is 5.92 Å². The van der Waals surface area contributed by atoms with Gasteiger partial charge in [0.2, 0.25) is 11.8 Å². The van der Waals surface area contributed by atoms with Crippen LogP contribution in [0.25, 0.3) is 0 Å². The van der Waals surface area contributed by atoms with Gasteiger partial charge in [0.25, 0.3) is 0 Å². The number of carbonyl (C=O) groups excluding carboxylic acids is 2. The van der Waals surface area contributed by atoms with Gasteiger partial charge < -0.3 is 15.1 Å². The lowest BCUT2D eigenvalue weighted by Gasteiger charge is -2.32. The number of nitrogens with zero attached hydrogens (tertiary/aromatic N) is 2. The number of hydrogen-bond acceptors (Lipinski definition) is 3. The topological polar surface area (TPSA) is 52.7 Å². The summed E-state index contributed by atoms with van der Waals surface area (Å²) in [6.07, 6.45) is 0.317. The van der Waals surface area contributed by atoms with Crippen LogP contribution < -0.4 is 10.2 Å². The zero-order valence-electron chi connectivity index (χ0n) is 14.5. The summed E-state index contributed by atoms with van der Waals surface area (Å²) in [6.45, 7) is 7.83. The van der Waals surface area contributed by atoms with Crippen LogP contribution in [0, 0.1) is 5.92 Å². The number of carbonyl (C=O) groups is 2. The summed E-state index contributed by atoms with van der Waals surface area (Å²) in [7, 11) is 2.00. The zero-order valence-corrected chi connectivity index (χ0v) is 14.5. The molecule has 1 aliphatic heterocycles. The summed E-state index contributed by atoms with van der Waals surface area (Å²) in [5, 5.41) is 2.96. The van der Waals surface area contributed by atoms with E-state index in [9.17, 15) is 9.59 Å². The van der Waals surface area contributed by atoms with Crippen LogP contribution in [0.5, 0.6) is 0 Å². The normalized spacial score (nSPS) is 18.2. The van der Waals surface area contributed by atoms with E-state index in [1.807, 2.05) is 58.2 Å². The first-order valence-corrected chi connectivity index (χ1v) is 8.13. The van der Waals surface area contributed by atoms with E-state index in [-0.39, 0.29) is 23.3 Å². The number of rotatable bonds is 5. The Morgan fingerprint density at radius 1 is 1.30 bits per heavy atom. The highest BCUT2D eigenvalue weighted by atomic mass is 16.2. The smallest absolute Gasteiger partial charge is 0.225 e. The van der Waals surface area contributed by atoms with Crippen molar-refractivity contribution in [3.05, 3.63) is 30.3 Å². The lowest BCUT2D eigenvalue weighted by atomic mass is 10.1. The number of anilines is 1. The van der Waals surface area contributed by atoms with Gasteiger partial charge in [0, 0.05) is 44.3 Å². The van der Waals surface area contributed by atoms with Crippen LogP contribution >= 0.6 is 0 Å². The predicted molar refractivity (Wildman–Crippen MR) is 92.3 cm³/mol. The molecule has 1 aromatic carbocycles. The second-order valence-electron chi connectivity index (χ2n) is 7.12. The van der Waals surface area contributed by atoms with Crippen molar-refractivity contribution in [1.82, 2.24) is 10.2 Å². The van der Waals surface area contributed by atoms with Crippen LogP contribution in [0.1, 0.15) is 27.2 Å². The van der Waals surface area contributed by atoms with Crippen LogP contribution in [0.15, 0.2) is 30.3 Å². The summed E-state index contributed by atoms with van der Waals surface area (Å²) < 4.78 is 0. The summed E-state index contributed by atoms with van der Waals surface area (Å²) in [6, 6.07) is 10.1. The van der Waals surface area contributed by atoms with E-state index >= 15 is 0 Å². The van der Waals surface area contributed by atoms with Gasteiger partial charge in [-0.25, -0.2) is 0 Å². The van der Waals surface area contributed by atoms with Gasteiger partial charge in [-0.15, -0.1) is 0 Å². The zero-order chi connectivity index (χ0) is 17.0. The average Bonchev–Trinajstić information content (AvgIpc) is 2.90. The molecule has 1 atom stereocenters. The van der Waals surface area contributed by atoms with Gasteiger partial charge in [0.1, 0.15) is 0 Å². The molecule has 1 aliphatic rings. The maximum absolute atomic E-state index is 12.3. The molecule has 5 nitrogen and oxygen atoms in total. The van der Waals surface area contributed by atoms with Crippen molar-refractivity contribution in [1.29, 1.82) is 0 Å². The Morgan fingerprint density at radius 2 is 1.96 bits per heavy atom. The van der Waals surface area contributed by atoms with Crippen LogP contribution in [0.2, 0.25) is 0 Å². The van der Waals surface area contributed by atoms with Crippen molar-refractivity contribution >= 4 is 17.5 Å². The Balaban J connectivity index is 1.79. The Morgan fingerprint density at radius 3 is 2.52 bits per heavy atom. The largest absolute Gasteiger partial charge is 0.373 e. The first-order chi connectivity index (χ1) is 10.8. The van der Waals surface area contributed by atoms with E-state index in [1.54, 1.807) is 4.90 Å². The average molecular weight is 317 g/mol. The van der Waals surface area contributed by atoms with E-state index < -0.39 is 0 Å². The van der Waals surface area contributed by atoms with Crippen LogP contribution in [0.3, 0.4) is 0 Å². The molecule has 126 valence electrons. The third kappa shape index (κ3) is 4.47. The van der Waals surface area contributed by atoms with Crippen molar-refractivity contribution in [2.45, 2.75) is 32.7 Å². The van der Waals surface area contributed by atoms with Crippen molar-refractivity contribution < 1.29 is 9.59 Å². The minimum atomic E-state index is -0.233. The van der Waals surface area contributed by atoms with E-state index in [1.165, 1.54) is 0 Å². The summed E-state index contributed by atoms with van der Waals surface area (Å²) in [5.41, 5.74) is 0.899. The highest BCUT2D eigenvalue weighted by molar-refractivity contribution is 5.89. The molecule has 2 rings (SSSR count). The third-order valence-electron chi connectivity index (χ3n) is 4.25. The molecule has 5 heteroatoms. The van der Waals surface area contributed by atoms with E-state index in [2.05, 4.69) is 10.2 Å². The Labute approximate surface area is 138 Å². The Kier molecular flexibility index (Phi) is 5.29. The summed E-state index contributed by atoms with van der Waals surface area (Å²) in [4.78, 5) is 28.2. The van der Waals surface area contributed by atoms with Gasteiger partial charge in [-0.3, -0.25) is 9.59 Å². The van der Waals surface area contributed by atoms with Crippen LogP contribution in [-0.4, -0.2) is 48.9 Å². The second kappa shape index (κ2) is 7.02. The summed E-state index contributed by atoms with van der Waals surface area (Å²) in [5.74, 6) is -0.186. The Bertz CT molecular complexity index is 551. The number of amides is 2. The number of para-hydroxylation sites is 1. The molecular formula is C18H27N3O2. The maximum Gasteiger partial charge on any atom is 0.225 e.